The summed E-state index contributed by atoms with van der Waals surface area (Å²) in [6.07, 6.45) is 2.67. The predicted octanol–water partition coefficient (Wildman–Crippen LogP) is 1.78. The minimum absolute atomic E-state index is 0.0838. The van der Waals surface area contributed by atoms with Crippen molar-refractivity contribution in [2.45, 2.75) is 18.3 Å². The fourth-order valence-electron chi connectivity index (χ4n) is 1.24. The molecular weight excluding hydrogens is 246 g/mol. The second kappa shape index (κ2) is 5.98. The number of hydrogen-bond donors (Lipinski definition) is 0. The minimum atomic E-state index is 0.0838. The van der Waals surface area contributed by atoms with Crippen LogP contribution in [-0.4, -0.2) is 18.3 Å². The van der Waals surface area contributed by atoms with Crippen molar-refractivity contribution in [3.05, 3.63) is 34.2 Å². The van der Waals surface area contributed by atoms with Gasteiger partial charge in [-0.15, -0.1) is 0 Å². The maximum atomic E-state index is 11.7. The lowest BCUT2D eigenvalue weighted by molar-refractivity contribution is 0.190. The first-order chi connectivity index (χ1) is 6.79. The molecule has 0 aliphatic heterocycles. The lowest BCUT2D eigenvalue weighted by Crippen LogP contribution is -2.22. The number of pyridine rings is 1. The van der Waals surface area contributed by atoms with Gasteiger partial charge in [0.2, 0.25) is 0 Å². The van der Waals surface area contributed by atoms with Crippen molar-refractivity contribution in [3.8, 4) is 0 Å². The standard InChI is InChI=1S/C10H14BrNO2/c1-14-7-3-6-12-5-2-4-9(8-11)10(12)13/h2,4-5H,3,6-8H2,1H3. The Bertz CT molecular complexity index is 335. The average Bonchev–Trinajstić information content (AvgIpc) is 2.21. The molecule has 0 saturated carbocycles. The van der Waals surface area contributed by atoms with Crippen molar-refractivity contribution in [2.75, 3.05) is 13.7 Å². The molecule has 1 rings (SSSR count). The van der Waals surface area contributed by atoms with Gasteiger partial charge in [-0.2, -0.15) is 0 Å². The summed E-state index contributed by atoms with van der Waals surface area (Å²) >= 11 is 3.29. The molecule has 1 aromatic heterocycles. The predicted molar refractivity (Wildman–Crippen MR) is 59.8 cm³/mol. The van der Waals surface area contributed by atoms with Gasteiger partial charge in [-0.25, -0.2) is 0 Å². The van der Waals surface area contributed by atoms with Crippen LogP contribution in [0.4, 0.5) is 0 Å². The van der Waals surface area contributed by atoms with Crippen LogP contribution >= 0.6 is 15.9 Å². The molecule has 0 aromatic carbocycles. The van der Waals surface area contributed by atoms with E-state index in [1.165, 1.54) is 0 Å². The largest absolute Gasteiger partial charge is 0.385 e. The van der Waals surface area contributed by atoms with E-state index in [0.717, 1.165) is 12.0 Å². The maximum absolute atomic E-state index is 11.7. The summed E-state index contributed by atoms with van der Waals surface area (Å²) in [5.41, 5.74) is 0.880. The van der Waals surface area contributed by atoms with Crippen LogP contribution in [0.2, 0.25) is 0 Å². The number of halogens is 1. The molecule has 0 radical (unpaired) electrons. The van der Waals surface area contributed by atoms with E-state index in [1.807, 2.05) is 18.3 Å². The number of hydrogen-bond acceptors (Lipinski definition) is 2. The quantitative estimate of drug-likeness (QED) is 0.597. The van der Waals surface area contributed by atoms with Gasteiger partial charge in [0.25, 0.3) is 5.56 Å². The first-order valence-corrected chi connectivity index (χ1v) is 5.65. The lowest BCUT2D eigenvalue weighted by Gasteiger charge is -2.05. The third-order valence-corrected chi connectivity index (χ3v) is 2.59. The number of methoxy groups -OCH3 is 1. The Balaban J connectivity index is 2.72. The molecule has 0 fully saturated rings. The molecule has 78 valence electrons. The van der Waals surface area contributed by atoms with Crippen LogP contribution in [-0.2, 0) is 16.6 Å². The molecule has 14 heavy (non-hydrogen) atoms. The summed E-state index contributed by atoms with van der Waals surface area (Å²) in [6, 6.07) is 3.73. The van der Waals surface area contributed by atoms with Crippen molar-refractivity contribution < 1.29 is 4.74 Å². The van der Waals surface area contributed by atoms with E-state index in [1.54, 1.807) is 11.7 Å². The van der Waals surface area contributed by atoms with E-state index in [9.17, 15) is 4.79 Å². The number of ether oxygens (including phenoxy) is 1. The summed E-state index contributed by atoms with van der Waals surface area (Å²) in [4.78, 5) is 11.7. The molecule has 4 heteroatoms. The average molecular weight is 260 g/mol. The first kappa shape index (κ1) is 11.5. The number of aromatic nitrogens is 1. The molecule has 1 heterocycles. The van der Waals surface area contributed by atoms with Gasteiger partial charge in [0, 0.05) is 37.4 Å². The van der Waals surface area contributed by atoms with Crippen LogP contribution in [0.1, 0.15) is 12.0 Å². The van der Waals surface area contributed by atoms with Gasteiger partial charge in [-0.1, -0.05) is 22.0 Å². The fourth-order valence-corrected chi connectivity index (χ4v) is 1.67. The topological polar surface area (TPSA) is 31.2 Å². The van der Waals surface area contributed by atoms with Crippen LogP contribution in [0.15, 0.2) is 23.1 Å². The molecule has 0 amide bonds. The van der Waals surface area contributed by atoms with E-state index in [2.05, 4.69) is 15.9 Å². The maximum Gasteiger partial charge on any atom is 0.254 e. The molecule has 0 aliphatic rings. The highest BCUT2D eigenvalue weighted by Gasteiger charge is 2.00. The number of alkyl halides is 1. The lowest BCUT2D eigenvalue weighted by atomic mass is 10.3. The molecule has 0 atom stereocenters. The highest BCUT2D eigenvalue weighted by atomic mass is 79.9. The van der Waals surface area contributed by atoms with E-state index >= 15 is 0 Å². The van der Waals surface area contributed by atoms with Gasteiger partial charge in [-0.05, 0) is 12.5 Å². The second-order valence-electron chi connectivity index (χ2n) is 3.01. The van der Waals surface area contributed by atoms with Gasteiger partial charge in [0.05, 0.1) is 0 Å². The van der Waals surface area contributed by atoms with Crippen LogP contribution in [0, 0.1) is 0 Å². The summed E-state index contributed by atoms with van der Waals surface area (Å²) < 4.78 is 6.65. The van der Waals surface area contributed by atoms with E-state index in [4.69, 9.17) is 4.74 Å². The Labute approximate surface area is 91.8 Å². The van der Waals surface area contributed by atoms with Crippen LogP contribution < -0.4 is 5.56 Å². The van der Waals surface area contributed by atoms with E-state index in [0.29, 0.717) is 18.5 Å². The number of aryl methyl sites for hydroxylation is 1. The molecule has 1 aromatic rings. The zero-order valence-corrected chi connectivity index (χ0v) is 9.79. The van der Waals surface area contributed by atoms with Gasteiger partial charge in [0.1, 0.15) is 0 Å². The Morgan fingerprint density at radius 3 is 3.00 bits per heavy atom. The summed E-state index contributed by atoms with van der Waals surface area (Å²) in [6.45, 7) is 1.40. The molecule has 0 bridgehead atoms. The second-order valence-corrected chi connectivity index (χ2v) is 3.57. The van der Waals surface area contributed by atoms with Crippen LogP contribution in [0.5, 0.6) is 0 Å². The summed E-state index contributed by atoms with van der Waals surface area (Å²) in [7, 11) is 1.66. The van der Waals surface area contributed by atoms with Crippen molar-refractivity contribution in [2.24, 2.45) is 0 Å². The van der Waals surface area contributed by atoms with Crippen LogP contribution in [0.25, 0.3) is 0 Å². The monoisotopic (exact) mass is 259 g/mol. The van der Waals surface area contributed by atoms with Gasteiger partial charge >= 0.3 is 0 Å². The zero-order valence-electron chi connectivity index (χ0n) is 8.20. The van der Waals surface area contributed by atoms with Crippen LogP contribution in [0.3, 0.4) is 0 Å². The third-order valence-electron chi connectivity index (χ3n) is 1.99. The Hall–Kier alpha value is -0.610. The van der Waals surface area contributed by atoms with Crippen molar-refractivity contribution in [1.29, 1.82) is 0 Å². The Morgan fingerprint density at radius 2 is 2.36 bits per heavy atom. The fraction of sp³-hybridized carbons (Fsp3) is 0.500. The summed E-state index contributed by atoms with van der Waals surface area (Å²) in [5.74, 6) is 0. The molecule has 0 unspecified atom stereocenters. The number of nitrogens with zero attached hydrogens (tertiary/aromatic N) is 1. The highest BCUT2D eigenvalue weighted by Crippen LogP contribution is 1.99. The van der Waals surface area contributed by atoms with Gasteiger partial charge < -0.3 is 9.30 Å². The molecule has 0 spiro atoms. The van der Waals surface area contributed by atoms with Gasteiger partial charge in [-0.3, -0.25) is 4.79 Å². The molecule has 3 nitrogen and oxygen atoms in total. The smallest absolute Gasteiger partial charge is 0.254 e. The number of rotatable bonds is 5. The van der Waals surface area contributed by atoms with Crippen molar-refractivity contribution in [1.82, 2.24) is 4.57 Å². The van der Waals surface area contributed by atoms with E-state index in [-0.39, 0.29) is 5.56 Å². The zero-order chi connectivity index (χ0) is 10.4. The molecular formula is C10H14BrNO2. The molecule has 0 saturated heterocycles. The summed E-state index contributed by atoms with van der Waals surface area (Å²) in [5, 5.41) is 0.608. The Morgan fingerprint density at radius 1 is 1.57 bits per heavy atom. The highest BCUT2D eigenvalue weighted by molar-refractivity contribution is 9.08. The van der Waals surface area contributed by atoms with Crippen molar-refractivity contribution >= 4 is 15.9 Å². The van der Waals surface area contributed by atoms with E-state index < -0.39 is 0 Å². The van der Waals surface area contributed by atoms with Gasteiger partial charge in [0.15, 0.2) is 0 Å². The normalized spacial score (nSPS) is 10.4. The molecule has 0 aliphatic carbocycles. The molecule has 0 N–H and O–H groups in total. The van der Waals surface area contributed by atoms with Crippen molar-refractivity contribution in [3.63, 3.8) is 0 Å². The SMILES string of the molecule is COCCCn1cccc(CBr)c1=O. The minimum Gasteiger partial charge on any atom is -0.385 e. The Kier molecular flexibility index (Phi) is 4.90. The first-order valence-electron chi connectivity index (χ1n) is 4.53. The third kappa shape index (κ3) is 2.96.